The highest BCUT2D eigenvalue weighted by Crippen LogP contribution is 2.27. The molecule has 1 N–H and O–H groups in total. The van der Waals surface area contributed by atoms with E-state index in [-0.39, 0.29) is 19.1 Å². The molecule has 2 rings (SSSR count). The van der Waals surface area contributed by atoms with E-state index in [4.69, 9.17) is 32.7 Å². The van der Waals surface area contributed by atoms with Crippen molar-refractivity contribution in [1.82, 2.24) is 5.32 Å². The second-order valence-electron chi connectivity index (χ2n) is 4.67. The number of carbonyl (C=O) groups is 2. The zero-order chi connectivity index (χ0) is 17.4. The topological polar surface area (TPSA) is 64.6 Å². The summed E-state index contributed by atoms with van der Waals surface area (Å²) in [6, 6.07) is 8.29. The molecule has 24 heavy (non-hydrogen) atoms. The van der Waals surface area contributed by atoms with Crippen LogP contribution < -0.4 is 10.1 Å². The van der Waals surface area contributed by atoms with Crippen molar-refractivity contribution >= 4 is 46.4 Å². The number of hydrogen-bond donors (Lipinski definition) is 1. The zero-order valence-corrected chi connectivity index (χ0v) is 14.9. The van der Waals surface area contributed by atoms with Gasteiger partial charge in [-0.15, -0.1) is 11.3 Å². The Hall–Kier alpha value is -1.76. The van der Waals surface area contributed by atoms with Crippen LogP contribution in [0, 0.1) is 0 Å². The second-order valence-corrected chi connectivity index (χ2v) is 6.46. The molecule has 0 unspecified atom stereocenters. The number of esters is 1. The summed E-state index contributed by atoms with van der Waals surface area (Å²) in [5.74, 6) is -0.274. The molecule has 0 saturated carbocycles. The molecular weight excluding hydrogens is 373 g/mol. The standard InChI is InChI=1S/C16H15Cl2NO4S/c17-11-4-5-13(12(18)9-11)23-10-15(20)22-7-2-6-19-16(21)14-3-1-8-24-14/h1,3-5,8-9H,2,6-7,10H2,(H,19,21). The van der Waals surface area contributed by atoms with Gasteiger partial charge in [0.25, 0.3) is 5.91 Å². The van der Waals surface area contributed by atoms with Crippen LogP contribution in [-0.2, 0) is 9.53 Å². The number of amides is 1. The molecule has 0 aliphatic carbocycles. The highest BCUT2D eigenvalue weighted by atomic mass is 35.5. The molecule has 0 saturated heterocycles. The van der Waals surface area contributed by atoms with E-state index in [1.807, 2.05) is 11.4 Å². The lowest BCUT2D eigenvalue weighted by molar-refractivity contribution is -0.146. The van der Waals surface area contributed by atoms with Crippen molar-refractivity contribution in [2.24, 2.45) is 0 Å². The van der Waals surface area contributed by atoms with Crippen molar-refractivity contribution in [2.75, 3.05) is 19.8 Å². The van der Waals surface area contributed by atoms with Crippen LogP contribution in [0.15, 0.2) is 35.7 Å². The Bertz CT molecular complexity index is 691. The second kappa shape index (κ2) is 9.52. The van der Waals surface area contributed by atoms with Crippen LogP contribution in [0.5, 0.6) is 5.75 Å². The molecule has 0 atom stereocenters. The molecule has 1 aromatic carbocycles. The first-order chi connectivity index (χ1) is 11.6. The molecule has 128 valence electrons. The lowest BCUT2D eigenvalue weighted by Crippen LogP contribution is -2.25. The maximum Gasteiger partial charge on any atom is 0.344 e. The number of ether oxygens (including phenoxy) is 2. The maximum atomic E-state index is 11.7. The van der Waals surface area contributed by atoms with E-state index in [9.17, 15) is 9.59 Å². The van der Waals surface area contributed by atoms with Crippen molar-refractivity contribution in [3.05, 3.63) is 50.6 Å². The van der Waals surface area contributed by atoms with E-state index in [1.54, 1.807) is 18.2 Å². The van der Waals surface area contributed by atoms with E-state index >= 15 is 0 Å². The van der Waals surface area contributed by atoms with Gasteiger partial charge in [0.15, 0.2) is 6.61 Å². The van der Waals surface area contributed by atoms with Gasteiger partial charge in [-0.05, 0) is 36.1 Å². The minimum Gasteiger partial charge on any atom is -0.480 e. The van der Waals surface area contributed by atoms with E-state index in [0.717, 1.165) is 0 Å². The highest BCUT2D eigenvalue weighted by molar-refractivity contribution is 7.12. The SMILES string of the molecule is O=C(COc1ccc(Cl)cc1Cl)OCCCNC(=O)c1cccs1. The Labute approximate surface area is 153 Å². The van der Waals surface area contributed by atoms with Crippen LogP contribution in [0.25, 0.3) is 0 Å². The molecule has 1 aromatic heterocycles. The van der Waals surface area contributed by atoms with Crippen LogP contribution in [0.1, 0.15) is 16.1 Å². The van der Waals surface area contributed by atoms with Gasteiger partial charge >= 0.3 is 5.97 Å². The first-order valence-electron chi connectivity index (χ1n) is 7.11. The van der Waals surface area contributed by atoms with Crippen LogP contribution in [-0.4, -0.2) is 31.6 Å². The molecule has 0 aliphatic heterocycles. The zero-order valence-electron chi connectivity index (χ0n) is 12.6. The van der Waals surface area contributed by atoms with Crippen LogP contribution in [0.2, 0.25) is 10.0 Å². The highest BCUT2D eigenvalue weighted by Gasteiger charge is 2.08. The molecule has 0 fully saturated rings. The average molecular weight is 388 g/mol. The van der Waals surface area contributed by atoms with Crippen LogP contribution in [0.4, 0.5) is 0 Å². The van der Waals surface area contributed by atoms with Gasteiger partial charge in [-0.3, -0.25) is 4.79 Å². The van der Waals surface area contributed by atoms with Crippen molar-refractivity contribution in [3.8, 4) is 5.75 Å². The fraction of sp³-hybridized carbons (Fsp3) is 0.250. The third-order valence-electron chi connectivity index (χ3n) is 2.85. The summed E-state index contributed by atoms with van der Waals surface area (Å²) >= 11 is 13.1. The first-order valence-corrected chi connectivity index (χ1v) is 8.75. The Morgan fingerprint density at radius 2 is 2.04 bits per heavy atom. The molecule has 5 nitrogen and oxygen atoms in total. The first kappa shape index (κ1) is 18.6. The van der Waals surface area contributed by atoms with Gasteiger partial charge < -0.3 is 14.8 Å². The largest absolute Gasteiger partial charge is 0.480 e. The molecule has 0 spiro atoms. The van der Waals surface area contributed by atoms with Gasteiger partial charge in [-0.2, -0.15) is 0 Å². The lowest BCUT2D eigenvalue weighted by Gasteiger charge is -2.09. The minimum absolute atomic E-state index is 0.128. The number of halogens is 2. The third-order valence-corrected chi connectivity index (χ3v) is 4.25. The van der Waals surface area contributed by atoms with E-state index in [2.05, 4.69) is 5.32 Å². The molecule has 1 amide bonds. The number of carbonyl (C=O) groups excluding carboxylic acids is 2. The number of thiophene rings is 1. The van der Waals surface area contributed by atoms with Crippen molar-refractivity contribution < 1.29 is 19.1 Å². The predicted molar refractivity (Wildman–Crippen MR) is 94.2 cm³/mol. The van der Waals surface area contributed by atoms with Crippen molar-refractivity contribution in [2.45, 2.75) is 6.42 Å². The Balaban J connectivity index is 1.59. The van der Waals surface area contributed by atoms with Crippen LogP contribution >= 0.6 is 34.5 Å². The minimum atomic E-state index is -0.509. The normalized spacial score (nSPS) is 10.2. The van der Waals surface area contributed by atoms with Gasteiger partial charge in [-0.1, -0.05) is 29.3 Å². The van der Waals surface area contributed by atoms with Gasteiger partial charge in [0, 0.05) is 11.6 Å². The quantitative estimate of drug-likeness (QED) is 0.552. The fourth-order valence-corrected chi connectivity index (χ4v) is 2.83. The summed E-state index contributed by atoms with van der Waals surface area (Å²) in [4.78, 5) is 23.9. The summed E-state index contributed by atoms with van der Waals surface area (Å²) < 4.78 is 10.3. The monoisotopic (exact) mass is 387 g/mol. The molecule has 0 aliphatic rings. The smallest absolute Gasteiger partial charge is 0.344 e. The van der Waals surface area contributed by atoms with Gasteiger partial charge in [0.05, 0.1) is 16.5 Å². The third kappa shape index (κ3) is 6.03. The Morgan fingerprint density at radius 1 is 1.21 bits per heavy atom. The lowest BCUT2D eigenvalue weighted by atomic mass is 10.3. The number of rotatable bonds is 8. The van der Waals surface area contributed by atoms with E-state index in [1.165, 1.54) is 17.4 Å². The van der Waals surface area contributed by atoms with E-state index in [0.29, 0.717) is 33.6 Å². The molecule has 8 heteroatoms. The summed E-state index contributed by atoms with van der Waals surface area (Å²) in [6.07, 6.45) is 0.518. The molecule has 0 bridgehead atoms. The Kier molecular flexibility index (Phi) is 7.36. The maximum absolute atomic E-state index is 11.7. The summed E-state index contributed by atoms with van der Waals surface area (Å²) in [7, 11) is 0. The van der Waals surface area contributed by atoms with Gasteiger partial charge in [-0.25, -0.2) is 4.79 Å². The number of hydrogen-bond acceptors (Lipinski definition) is 5. The summed E-state index contributed by atoms with van der Waals surface area (Å²) in [5.41, 5.74) is 0. The van der Waals surface area contributed by atoms with Gasteiger partial charge in [0.2, 0.25) is 0 Å². The van der Waals surface area contributed by atoms with Crippen LogP contribution in [0.3, 0.4) is 0 Å². The van der Waals surface area contributed by atoms with Crippen molar-refractivity contribution in [3.63, 3.8) is 0 Å². The molecule has 2 aromatic rings. The fourth-order valence-electron chi connectivity index (χ4n) is 1.73. The summed E-state index contributed by atoms with van der Waals surface area (Å²) in [5, 5.41) is 5.40. The van der Waals surface area contributed by atoms with Crippen molar-refractivity contribution in [1.29, 1.82) is 0 Å². The number of benzene rings is 1. The van der Waals surface area contributed by atoms with Gasteiger partial charge in [0.1, 0.15) is 5.75 Å². The average Bonchev–Trinajstić information content (AvgIpc) is 3.08. The number of nitrogens with one attached hydrogen (secondary N) is 1. The molecule has 1 heterocycles. The molecule has 0 radical (unpaired) electrons. The predicted octanol–water partition coefficient (Wildman–Crippen LogP) is 3.80. The Morgan fingerprint density at radius 3 is 2.75 bits per heavy atom. The van der Waals surface area contributed by atoms with E-state index < -0.39 is 5.97 Å². The summed E-state index contributed by atoms with van der Waals surface area (Å²) in [6.45, 7) is 0.373. The molecular formula is C16H15Cl2NO4S.